The van der Waals surface area contributed by atoms with Crippen molar-refractivity contribution in [1.29, 1.82) is 0 Å². The van der Waals surface area contributed by atoms with Crippen molar-refractivity contribution in [2.75, 3.05) is 5.75 Å². The number of halogens is 1. The summed E-state index contributed by atoms with van der Waals surface area (Å²) in [5.74, 6) is -0.846. The first kappa shape index (κ1) is 14.5. The van der Waals surface area contributed by atoms with Gasteiger partial charge in [0.2, 0.25) is 5.91 Å². The molecule has 1 N–H and O–H groups in total. The Morgan fingerprint density at radius 1 is 1.47 bits per heavy atom. The number of hydrogen-bond donors (Lipinski definition) is 1. The van der Waals surface area contributed by atoms with Crippen molar-refractivity contribution in [1.82, 2.24) is 5.32 Å². The minimum absolute atomic E-state index is 0.184. The molecule has 1 amide bonds. The number of hydrogen-bond acceptors (Lipinski definition) is 3. The van der Waals surface area contributed by atoms with Gasteiger partial charge in [-0.3, -0.25) is 4.79 Å². The molecule has 1 aliphatic rings. The molecule has 0 aromatic heterocycles. The number of benzene rings is 1. The molecule has 1 aromatic carbocycles. The predicted molar refractivity (Wildman–Crippen MR) is 77.5 cm³/mol. The lowest BCUT2D eigenvalue weighted by molar-refractivity contribution is -0.118. The van der Waals surface area contributed by atoms with E-state index in [9.17, 15) is 13.2 Å². The Morgan fingerprint density at radius 3 is 2.74 bits per heavy atom. The van der Waals surface area contributed by atoms with Crippen LogP contribution in [0.15, 0.2) is 28.7 Å². The monoisotopic (exact) mass is 345 g/mol. The Labute approximate surface area is 121 Å². The first-order valence-corrected chi connectivity index (χ1v) is 8.66. The number of carbonyl (C=O) groups is 1. The molecule has 1 atom stereocenters. The lowest BCUT2D eigenvalue weighted by Crippen LogP contribution is -2.33. The van der Waals surface area contributed by atoms with Crippen LogP contribution in [0.1, 0.15) is 30.6 Å². The summed E-state index contributed by atoms with van der Waals surface area (Å²) in [5, 5.41) is 2.02. The van der Waals surface area contributed by atoms with E-state index in [2.05, 4.69) is 21.2 Å². The number of amides is 1. The van der Waals surface area contributed by atoms with Crippen LogP contribution in [0.4, 0.5) is 0 Å². The van der Waals surface area contributed by atoms with E-state index >= 15 is 0 Å². The number of carbonyl (C=O) groups excluding carboxylic acids is 1. The second kappa shape index (κ2) is 5.63. The normalized spacial score (nSPS) is 16.9. The molecule has 0 spiro atoms. The molecule has 6 heteroatoms. The van der Waals surface area contributed by atoms with Crippen molar-refractivity contribution >= 4 is 31.7 Å². The zero-order valence-corrected chi connectivity index (χ0v) is 13.0. The average molecular weight is 346 g/mol. The Morgan fingerprint density at radius 2 is 2.16 bits per heavy atom. The fraction of sp³-hybridized carbons (Fsp3) is 0.462. The van der Waals surface area contributed by atoms with Crippen LogP contribution in [-0.4, -0.2) is 26.1 Å². The van der Waals surface area contributed by atoms with Crippen molar-refractivity contribution in [3.8, 4) is 0 Å². The summed E-state index contributed by atoms with van der Waals surface area (Å²) in [5.41, 5.74) is 0.689. The summed E-state index contributed by atoms with van der Waals surface area (Å²) >= 11 is 3.31. The van der Waals surface area contributed by atoms with Crippen molar-refractivity contribution in [2.45, 2.75) is 31.1 Å². The van der Waals surface area contributed by atoms with E-state index in [1.165, 1.54) is 0 Å². The van der Waals surface area contributed by atoms with E-state index in [4.69, 9.17) is 0 Å². The molecule has 104 valence electrons. The first-order chi connectivity index (χ1) is 8.88. The molecular weight excluding hydrogens is 330 g/mol. The molecule has 0 saturated heterocycles. The Hall–Kier alpha value is -0.880. The maximum absolute atomic E-state index is 12.2. The fourth-order valence-electron chi connectivity index (χ4n) is 1.77. The van der Waals surface area contributed by atoms with Crippen LogP contribution in [0, 0.1) is 0 Å². The van der Waals surface area contributed by atoms with Crippen LogP contribution < -0.4 is 5.32 Å². The molecule has 0 heterocycles. The molecule has 0 radical (unpaired) electrons. The van der Waals surface area contributed by atoms with Gasteiger partial charge >= 0.3 is 0 Å². The van der Waals surface area contributed by atoms with Gasteiger partial charge < -0.3 is 5.32 Å². The summed E-state index contributed by atoms with van der Waals surface area (Å²) in [6.45, 7) is 1.61. The Bertz CT molecular complexity index is 581. The number of rotatable bonds is 5. The van der Waals surface area contributed by atoms with Gasteiger partial charge in [-0.05, 0) is 37.5 Å². The lowest BCUT2D eigenvalue weighted by atomic mass is 10.2. The van der Waals surface area contributed by atoms with Crippen LogP contribution in [-0.2, 0) is 14.6 Å². The van der Waals surface area contributed by atoms with Gasteiger partial charge in [-0.1, -0.05) is 28.1 Å². The summed E-state index contributed by atoms with van der Waals surface area (Å²) in [6.07, 6.45) is 1.90. The van der Waals surface area contributed by atoms with Crippen molar-refractivity contribution in [3.63, 3.8) is 0 Å². The van der Waals surface area contributed by atoms with Crippen LogP contribution in [0.2, 0.25) is 0 Å². The van der Waals surface area contributed by atoms with Gasteiger partial charge in [-0.2, -0.15) is 0 Å². The van der Waals surface area contributed by atoms with Crippen molar-refractivity contribution in [3.05, 3.63) is 34.3 Å². The molecule has 2 rings (SSSR count). The topological polar surface area (TPSA) is 63.2 Å². The molecule has 1 saturated carbocycles. The fourth-order valence-corrected chi connectivity index (χ4v) is 3.45. The average Bonchev–Trinajstić information content (AvgIpc) is 3.11. The molecule has 0 aliphatic heterocycles. The van der Waals surface area contributed by atoms with Gasteiger partial charge in [-0.25, -0.2) is 8.42 Å². The summed E-state index contributed by atoms with van der Waals surface area (Å²) in [7, 11) is -3.48. The predicted octanol–water partition coefficient (Wildman–Crippen LogP) is 2.20. The quantitative estimate of drug-likeness (QED) is 0.889. The smallest absolute Gasteiger partial charge is 0.235 e. The van der Waals surface area contributed by atoms with Crippen LogP contribution in [0.5, 0.6) is 0 Å². The third-order valence-electron chi connectivity index (χ3n) is 3.13. The highest BCUT2D eigenvalue weighted by molar-refractivity contribution is 9.10. The molecular formula is C13H16BrNO3S. The van der Waals surface area contributed by atoms with Gasteiger partial charge in [0.15, 0.2) is 9.84 Å². The number of nitrogens with one attached hydrogen (secondary N) is 1. The highest BCUT2D eigenvalue weighted by Crippen LogP contribution is 2.25. The largest absolute Gasteiger partial charge is 0.352 e. The molecule has 0 unspecified atom stereocenters. The summed E-state index contributed by atoms with van der Waals surface area (Å²) in [4.78, 5) is 11.6. The second-order valence-corrected chi connectivity index (χ2v) is 8.08. The maximum Gasteiger partial charge on any atom is 0.235 e. The van der Waals surface area contributed by atoms with Gasteiger partial charge in [-0.15, -0.1) is 0 Å². The van der Waals surface area contributed by atoms with E-state index in [0.29, 0.717) is 5.56 Å². The third kappa shape index (κ3) is 4.04. The van der Waals surface area contributed by atoms with Gasteiger partial charge in [0.05, 0.1) is 5.25 Å². The first-order valence-electron chi connectivity index (χ1n) is 6.15. The summed E-state index contributed by atoms with van der Waals surface area (Å²) < 4.78 is 25.2. The van der Waals surface area contributed by atoms with Gasteiger partial charge in [0.1, 0.15) is 5.75 Å². The maximum atomic E-state index is 12.2. The van der Waals surface area contributed by atoms with E-state index in [-0.39, 0.29) is 6.04 Å². The molecule has 1 aliphatic carbocycles. The molecule has 4 nitrogen and oxygen atoms in total. The zero-order chi connectivity index (χ0) is 14.0. The third-order valence-corrected chi connectivity index (χ3v) is 5.64. The molecule has 0 bridgehead atoms. The summed E-state index contributed by atoms with van der Waals surface area (Å²) in [6, 6.07) is 7.33. The Kier molecular flexibility index (Phi) is 4.30. The van der Waals surface area contributed by atoms with Crippen molar-refractivity contribution in [2.24, 2.45) is 0 Å². The lowest BCUT2D eigenvalue weighted by Gasteiger charge is -2.13. The Balaban J connectivity index is 2.07. The van der Waals surface area contributed by atoms with E-state index in [1.54, 1.807) is 25.1 Å². The minimum Gasteiger partial charge on any atom is -0.352 e. The van der Waals surface area contributed by atoms with E-state index < -0.39 is 26.7 Å². The molecule has 19 heavy (non-hydrogen) atoms. The van der Waals surface area contributed by atoms with Gasteiger partial charge in [0, 0.05) is 10.5 Å². The van der Waals surface area contributed by atoms with Crippen LogP contribution in [0.3, 0.4) is 0 Å². The highest BCUT2D eigenvalue weighted by atomic mass is 79.9. The zero-order valence-electron chi connectivity index (χ0n) is 10.6. The van der Waals surface area contributed by atoms with E-state index in [0.717, 1.165) is 17.3 Å². The second-order valence-electron chi connectivity index (χ2n) is 4.85. The molecule has 1 fully saturated rings. The van der Waals surface area contributed by atoms with Crippen LogP contribution in [0.25, 0.3) is 0 Å². The highest BCUT2D eigenvalue weighted by Gasteiger charge is 2.29. The standard InChI is InChI=1S/C13H16BrNO3S/c1-9(10-3-2-4-11(14)7-10)19(17,18)8-13(16)15-12-5-6-12/h2-4,7,9,12H,5-6,8H2,1H3,(H,15,16)/t9-/m0/s1. The van der Waals surface area contributed by atoms with Gasteiger partial charge in [0.25, 0.3) is 0 Å². The van der Waals surface area contributed by atoms with E-state index in [1.807, 2.05) is 6.07 Å². The SMILES string of the molecule is C[C@@H](c1cccc(Br)c1)S(=O)(=O)CC(=O)NC1CC1. The minimum atomic E-state index is -3.48. The molecule has 1 aromatic rings. The van der Waals surface area contributed by atoms with Crippen LogP contribution >= 0.6 is 15.9 Å². The van der Waals surface area contributed by atoms with Crippen molar-refractivity contribution < 1.29 is 13.2 Å². The number of sulfone groups is 1.